The van der Waals surface area contributed by atoms with Crippen molar-refractivity contribution in [3.63, 3.8) is 0 Å². The van der Waals surface area contributed by atoms with Crippen molar-refractivity contribution in [2.24, 2.45) is 5.92 Å². The van der Waals surface area contributed by atoms with Crippen LogP contribution >= 0.6 is 0 Å². The first-order valence-electron chi connectivity index (χ1n) is 7.22. The van der Waals surface area contributed by atoms with Crippen LogP contribution in [0.2, 0.25) is 0 Å². The standard InChI is InChI=1S/C16H25NO/c1-3-13-6-4-5-7-15(13)17-11-14-10-12(2)8-9-16(14)18/h8-10,13,15,17-18H,3-7,11H2,1-2H3. The highest BCUT2D eigenvalue weighted by molar-refractivity contribution is 5.35. The molecule has 100 valence electrons. The Morgan fingerprint density at radius 1 is 1.28 bits per heavy atom. The van der Waals surface area contributed by atoms with Gasteiger partial charge in [0.2, 0.25) is 0 Å². The Labute approximate surface area is 110 Å². The smallest absolute Gasteiger partial charge is 0.120 e. The summed E-state index contributed by atoms with van der Waals surface area (Å²) in [7, 11) is 0. The zero-order chi connectivity index (χ0) is 13.0. The molecule has 0 saturated heterocycles. The van der Waals surface area contributed by atoms with Gasteiger partial charge in [0.1, 0.15) is 5.75 Å². The minimum Gasteiger partial charge on any atom is -0.508 e. The molecular formula is C16H25NO. The molecule has 0 heterocycles. The largest absolute Gasteiger partial charge is 0.508 e. The Hall–Kier alpha value is -1.02. The Morgan fingerprint density at radius 2 is 2.06 bits per heavy atom. The number of aromatic hydroxyl groups is 1. The topological polar surface area (TPSA) is 32.3 Å². The number of aryl methyl sites for hydroxylation is 1. The Kier molecular flexibility index (Phi) is 4.65. The summed E-state index contributed by atoms with van der Waals surface area (Å²) in [4.78, 5) is 0. The number of hydrogen-bond donors (Lipinski definition) is 2. The van der Waals surface area contributed by atoms with Crippen molar-refractivity contribution < 1.29 is 5.11 Å². The Balaban J connectivity index is 1.95. The maximum atomic E-state index is 9.85. The van der Waals surface area contributed by atoms with Gasteiger partial charge in [0.25, 0.3) is 0 Å². The van der Waals surface area contributed by atoms with Crippen LogP contribution in [-0.4, -0.2) is 11.1 Å². The highest BCUT2D eigenvalue weighted by Crippen LogP contribution is 2.27. The second-order valence-electron chi connectivity index (χ2n) is 5.57. The van der Waals surface area contributed by atoms with Gasteiger partial charge >= 0.3 is 0 Å². The van der Waals surface area contributed by atoms with E-state index in [1.807, 2.05) is 6.07 Å². The van der Waals surface area contributed by atoms with Crippen LogP contribution in [0.3, 0.4) is 0 Å². The van der Waals surface area contributed by atoms with Crippen molar-refractivity contribution in [3.05, 3.63) is 29.3 Å². The second-order valence-corrected chi connectivity index (χ2v) is 5.57. The van der Waals surface area contributed by atoms with Gasteiger partial charge in [-0.2, -0.15) is 0 Å². The van der Waals surface area contributed by atoms with E-state index in [-0.39, 0.29) is 0 Å². The first-order chi connectivity index (χ1) is 8.70. The van der Waals surface area contributed by atoms with Crippen LogP contribution < -0.4 is 5.32 Å². The Morgan fingerprint density at radius 3 is 2.83 bits per heavy atom. The van der Waals surface area contributed by atoms with E-state index in [9.17, 15) is 5.11 Å². The van der Waals surface area contributed by atoms with Gasteiger partial charge < -0.3 is 10.4 Å². The van der Waals surface area contributed by atoms with Crippen LogP contribution in [0.25, 0.3) is 0 Å². The molecule has 18 heavy (non-hydrogen) atoms. The van der Waals surface area contributed by atoms with E-state index < -0.39 is 0 Å². The SMILES string of the molecule is CCC1CCCCC1NCc1cc(C)ccc1O. The number of rotatable bonds is 4. The third-order valence-electron chi connectivity index (χ3n) is 4.22. The summed E-state index contributed by atoms with van der Waals surface area (Å²) in [6, 6.07) is 6.45. The predicted molar refractivity (Wildman–Crippen MR) is 75.7 cm³/mol. The molecule has 0 aliphatic heterocycles. The molecular weight excluding hydrogens is 222 g/mol. The quantitative estimate of drug-likeness (QED) is 0.849. The molecule has 1 saturated carbocycles. The van der Waals surface area contributed by atoms with Crippen molar-refractivity contribution in [1.82, 2.24) is 5.32 Å². The number of hydrogen-bond acceptors (Lipinski definition) is 2. The second kappa shape index (κ2) is 6.24. The average Bonchev–Trinajstić information content (AvgIpc) is 2.40. The molecule has 2 nitrogen and oxygen atoms in total. The van der Waals surface area contributed by atoms with E-state index in [0.717, 1.165) is 18.0 Å². The molecule has 0 amide bonds. The fraction of sp³-hybridized carbons (Fsp3) is 0.625. The summed E-state index contributed by atoms with van der Waals surface area (Å²) in [6.45, 7) is 5.14. The summed E-state index contributed by atoms with van der Waals surface area (Å²) in [5.74, 6) is 1.22. The zero-order valence-electron chi connectivity index (χ0n) is 11.6. The molecule has 1 aromatic carbocycles. The maximum Gasteiger partial charge on any atom is 0.120 e. The fourth-order valence-electron chi connectivity index (χ4n) is 3.06. The number of phenolic OH excluding ortho intramolecular Hbond substituents is 1. The van der Waals surface area contributed by atoms with E-state index in [1.165, 1.54) is 37.7 Å². The molecule has 2 heteroatoms. The molecule has 0 bridgehead atoms. The monoisotopic (exact) mass is 247 g/mol. The lowest BCUT2D eigenvalue weighted by atomic mass is 9.83. The molecule has 1 aliphatic carbocycles. The van der Waals surface area contributed by atoms with Crippen LogP contribution in [0.5, 0.6) is 5.75 Å². The van der Waals surface area contributed by atoms with E-state index in [1.54, 1.807) is 6.07 Å². The number of benzene rings is 1. The van der Waals surface area contributed by atoms with Gasteiger partial charge in [-0.1, -0.05) is 43.9 Å². The first-order valence-corrected chi connectivity index (χ1v) is 7.22. The lowest BCUT2D eigenvalue weighted by Crippen LogP contribution is -2.37. The zero-order valence-corrected chi connectivity index (χ0v) is 11.6. The van der Waals surface area contributed by atoms with Gasteiger partial charge in [-0.05, 0) is 31.7 Å². The van der Waals surface area contributed by atoms with Crippen LogP contribution in [-0.2, 0) is 6.54 Å². The predicted octanol–water partition coefficient (Wildman–Crippen LogP) is 3.76. The molecule has 1 fully saturated rings. The molecule has 0 aromatic heterocycles. The van der Waals surface area contributed by atoms with Crippen molar-refractivity contribution in [3.8, 4) is 5.75 Å². The van der Waals surface area contributed by atoms with Crippen molar-refractivity contribution >= 4 is 0 Å². The molecule has 2 unspecified atom stereocenters. The first kappa shape index (κ1) is 13.4. The molecule has 2 atom stereocenters. The van der Waals surface area contributed by atoms with Gasteiger partial charge in [0.05, 0.1) is 0 Å². The molecule has 1 aromatic rings. The normalized spacial score (nSPS) is 24.1. The highest BCUT2D eigenvalue weighted by Gasteiger charge is 2.23. The van der Waals surface area contributed by atoms with Gasteiger partial charge in [0, 0.05) is 18.2 Å². The molecule has 1 aliphatic rings. The van der Waals surface area contributed by atoms with E-state index >= 15 is 0 Å². The van der Waals surface area contributed by atoms with E-state index in [0.29, 0.717) is 11.8 Å². The van der Waals surface area contributed by atoms with Crippen molar-refractivity contribution in [2.45, 2.75) is 58.5 Å². The molecule has 2 rings (SSSR count). The Bertz CT molecular complexity index is 389. The van der Waals surface area contributed by atoms with Gasteiger partial charge in [-0.25, -0.2) is 0 Å². The van der Waals surface area contributed by atoms with Gasteiger partial charge in [-0.15, -0.1) is 0 Å². The third kappa shape index (κ3) is 3.26. The van der Waals surface area contributed by atoms with E-state index in [2.05, 4.69) is 25.2 Å². The maximum absolute atomic E-state index is 9.85. The minimum atomic E-state index is 0.414. The van der Waals surface area contributed by atoms with Crippen molar-refractivity contribution in [1.29, 1.82) is 0 Å². The highest BCUT2D eigenvalue weighted by atomic mass is 16.3. The fourth-order valence-corrected chi connectivity index (χ4v) is 3.06. The summed E-state index contributed by atoms with van der Waals surface area (Å²) in [6.07, 6.45) is 6.62. The summed E-state index contributed by atoms with van der Waals surface area (Å²) in [5.41, 5.74) is 2.23. The lowest BCUT2D eigenvalue weighted by molar-refractivity contribution is 0.253. The number of nitrogens with one attached hydrogen (secondary N) is 1. The number of phenols is 1. The van der Waals surface area contributed by atoms with Crippen LogP contribution in [0.1, 0.15) is 50.2 Å². The minimum absolute atomic E-state index is 0.414. The average molecular weight is 247 g/mol. The van der Waals surface area contributed by atoms with E-state index in [4.69, 9.17) is 0 Å². The molecule has 0 radical (unpaired) electrons. The van der Waals surface area contributed by atoms with Gasteiger partial charge in [0.15, 0.2) is 0 Å². The summed E-state index contributed by atoms with van der Waals surface area (Å²) < 4.78 is 0. The molecule has 0 spiro atoms. The van der Waals surface area contributed by atoms with Crippen LogP contribution in [0, 0.1) is 12.8 Å². The molecule has 2 N–H and O–H groups in total. The lowest BCUT2D eigenvalue weighted by Gasteiger charge is -2.31. The third-order valence-corrected chi connectivity index (χ3v) is 4.22. The van der Waals surface area contributed by atoms with Crippen LogP contribution in [0.15, 0.2) is 18.2 Å². The summed E-state index contributed by atoms with van der Waals surface area (Å²) in [5, 5.41) is 13.5. The van der Waals surface area contributed by atoms with Gasteiger partial charge in [-0.3, -0.25) is 0 Å². The summed E-state index contributed by atoms with van der Waals surface area (Å²) >= 11 is 0. The van der Waals surface area contributed by atoms with Crippen molar-refractivity contribution in [2.75, 3.05) is 0 Å². The van der Waals surface area contributed by atoms with Crippen LogP contribution in [0.4, 0.5) is 0 Å².